The summed E-state index contributed by atoms with van der Waals surface area (Å²) in [5.74, 6) is 0.237. The van der Waals surface area contributed by atoms with Gasteiger partial charge in [-0.15, -0.1) is 0 Å². The molecule has 1 atom stereocenters. The van der Waals surface area contributed by atoms with Gasteiger partial charge >= 0.3 is 10.2 Å². The van der Waals surface area contributed by atoms with Gasteiger partial charge in [-0.05, 0) is 49.9 Å². The van der Waals surface area contributed by atoms with Gasteiger partial charge in [0.1, 0.15) is 0 Å². The molecule has 0 spiro atoms. The van der Waals surface area contributed by atoms with E-state index in [0.717, 1.165) is 18.4 Å². The molecule has 1 saturated heterocycles. The Morgan fingerprint density at radius 3 is 2.95 bits per heavy atom. The van der Waals surface area contributed by atoms with Crippen LogP contribution in [0.4, 0.5) is 5.69 Å². The van der Waals surface area contributed by atoms with Crippen LogP contribution in [-0.2, 0) is 10.2 Å². The van der Waals surface area contributed by atoms with Crippen LogP contribution < -0.4 is 10.5 Å². The van der Waals surface area contributed by atoms with Crippen LogP contribution in [0.25, 0.3) is 0 Å². The van der Waals surface area contributed by atoms with E-state index in [-0.39, 0.29) is 5.92 Å². The SMILES string of the molecule is Cc1c(Cl)cccc1NS(=O)(=O)N1CCCC(CN)C1. The van der Waals surface area contributed by atoms with Gasteiger partial charge in [-0.25, -0.2) is 0 Å². The van der Waals surface area contributed by atoms with Crippen molar-refractivity contribution in [3.63, 3.8) is 0 Å². The average molecular weight is 318 g/mol. The fraction of sp³-hybridized carbons (Fsp3) is 0.538. The van der Waals surface area contributed by atoms with E-state index in [1.54, 1.807) is 25.1 Å². The number of nitrogens with two attached hydrogens (primary N) is 1. The Morgan fingerprint density at radius 2 is 2.25 bits per heavy atom. The Kier molecular flexibility index (Phi) is 4.90. The van der Waals surface area contributed by atoms with Crippen LogP contribution >= 0.6 is 11.6 Å². The molecule has 0 bridgehead atoms. The second-order valence-electron chi connectivity index (χ2n) is 5.12. The van der Waals surface area contributed by atoms with Gasteiger partial charge in [-0.3, -0.25) is 4.72 Å². The molecule has 1 heterocycles. The first-order chi connectivity index (χ1) is 9.44. The Balaban J connectivity index is 2.16. The Hall–Kier alpha value is -0.820. The quantitative estimate of drug-likeness (QED) is 0.891. The van der Waals surface area contributed by atoms with Crippen LogP contribution in [0.3, 0.4) is 0 Å². The van der Waals surface area contributed by atoms with Crippen molar-refractivity contribution in [2.24, 2.45) is 11.7 Å². The van der Waals surface area contributed by atoms with E-state index < -0.39 is 10.2 Å². The van der Waals surface area contributed by atoms with Crippen LogP contribution in [0.5, 0.6) is 0 Å². The lowest BCUT2D eigenvalue weighted by Crippen LogP contribution is -2.44. The van der Waals surface area contributed by atoms with Crippen LogP contribution in [0.1, 0.15) is 18.4 Å². The van der Waals surface area contributed by atoms with Crippen molar-refractivity contribution in [1.82, 2.24) is 4.31 Å². The van der Waals surface area contributed by atoms with Gasteiger partial charge in [0.25, 0.3) is 0 Å². The molecule has 1 aromatic rings. The number of nitrogens with zero attached hydrogens (tertiary/aromatic N) is 1. The van der Waals surface area contributed by atoms with Gasteiger partial charge < -0.3 is 5.73 Å². The highest BCUT2D eigenvalue weighted by Crippen LogP contribution is 2.25. The summed E-state index contributed by atoms with van der Waals surface area (Å²) in [4.78, 5) is 0. The number of benzene rings is 1. The minimum Gasteiger partial charge on any atom is -0.330 e. The molecular formula is C13H20ClN3O2S. The largest absolute Gasteiger partial charge is 0.330 e. The highest BCUT2D eigenvalue weighted by Gasteiger charge is 2.28. The molecule has 7 heteroatoms. The minimum absolute atomic E-state index is 0.237. The molecule has 20 heavy (non-hydrogen) atoms. The van der Waals surface area contributed by atoms with Crippen molar-refractivity contribution in [2.75, 3.05) is 24.4 Å². The van der Waals surface area contributed by atoms with Crippen molar-refractivity contribution in [1.29, 1.82) is 0 Å². The minimum atomic E-state index is -3.55. The van der Waals surface area contributed by atoms with Crippen molar-refractivity contribution < 1.29 is 8.42 Å². The van der Waals surface area contributed by atoms with Crippen molar-refractivity contribution in [3.8, 4) is 0 Å². The Morgan fingerprint density at radius 1 is 1.50 bits per heavy atom. The molecule has 1 fully saturated rings. The van der Waals surface area contributed by atoms with Gasteiger partial charge in [0.05, 0.1) is 5.69 Å². The number of halogens is 1. The molecule has 0 saturated carbocycles. The van der Waals surface area contributed by atoms with Gasteiger partial charge in [-0.1, -0.05) is 17.7 Å². The third-order valence-electron chi connectivity index (χ3n) is 3.66. The third kappa shape index (κ3) is 3.44. The summed E-state index contributed by atoms with van der Waals surface area (Å²) >= 11 is 6.01. The lowest BCUT2D eigenvalue weighted by Gasteiger charge is -2.31. The van der Waals surface area contributed by atoms with E-state index in [9.17, 15) is 8.42 Å². The molecule has 0 aliphatic carbocycles. The lowest BCUT2D eigenvalue weighted by molar-refractivity contribution is 0.273. The van der Waals surface area contributed by atoms with Gasteiger partial charge in [0.15, 0.2) is 0 Å². The smallest absolute Gasteiger partial charge is 0.301 e. The predicted octanol–water partition coefficient (Wildman–Crippen LogP) is 1.98. The fourth-order valence-corrected chi connectivity index (χ4v) is 3.94. The molecule has 2 rings (SSSR count). The molecular weight excluding hydrogens is 298 g/mol. The second-order valence-corrected chi connectivity index (χ2v) is 7.20. The summed E-state index contributed by atoms with van der Waals surface area (Å²) in [6.45, 7) is 3.32. The number of nitrogens with one attached hydrogen (secondary N) is 1. The normalized spacial score (nSPS) is 20.9. The monoisotopic (exact) mass is 317 g/mol. The number of piperidine rings is 1. The molecule has 1 aliphatic rings. The standard InChI is InChI=1S/C13H20ClN3O2S/c1-10-12(14)5-2-6-13(10)16-20(18,19)17-7-3-4-11(8-15)9-17/h2,5-6,11,16H,3-4,7-9,15H2,1H3. The number of hydrogen-bond donors (Lipinski definition) is 2. The maximum atomic E-state index is 12.4. The van der Waals surface area contributed by atoms with Gasteiger partial charge in [0, 0.05) is 18.1 Å². The third-order valence-corrected chi connectivity index (χ3v) is 5.56. The van der Waals surface area contributed by atoms with Crippen LogP contribution in [-0.4, -0.2) is 32.4 Å². The fourth-order valence-electron chi connectivity index (χ4n) is 2.36. The molecule has 3 N–H and O–H groups in total. The van der Waals surface area contributed by atoms with Crippen molar-refractivity contribution in [3.05, 3.63) is 28.8 Å². The molecule has 0 aromatic heterocycles. The van der Waals surface area contributed by atoms with Crippen molar-refractivity contribution in [2.45, 2.75) is 19.8 Å². The van der Waals surface area contributed by atoms with Crippen LogP contribution in [0, 0.1) is 12.8 Å². The molecule has 1 aliphatic heterocycles. The van der Waals surface area contributed by atoms with Gasteiger partial charge in [0.2, 0.25) is 0 Å². The molecule has 5 nitrogen and oxygen atoms in total. The summed E-state index contributed by atoms with van der Waals surface area (Å²) in [5, 5.41) is 0.545. The first kappa shape index (κ1) is 15.6. The maximum absolute atomic E-state index is 12.4. The molecule has 1 aromatic carbocycles. The highest BCUT2D eigenvalue weighted by atomic mass is 35.5. The van der Waals surface area contributed by atoms with Crippen LogP contribution in [0.2, 0.25) is 5.02 Å². The zero-order valence-corrected chi connectivity index (χ0v) is 13.0. The summed E-state index contributed by atoms with van der Waals surface area (Å²) in [5.41, 5.74) is 6.89. The van der Waals surface area contributed by atoms with E-state index in [1.165, 1.54) is 4.31 Å². The lowest BCUT2D eigenvalue weighted by atomic mass is 10.0. The molecule has 0 radical (unpaired) electrons. The van der Waals surface area contributed by atoms with E-state index in [4.69, 9.17) is 17.3 Å². The zero-order valence-electron chi connectivity index (χ0n) is 11.5. The summed E-state index contributed by atoms with van der Waals surface area (Å²) in [6, 6.07) is 5.18. The first-order valence-corrected chi connectivity index (χ1v) is 8.49. The van der Waals surface area contributed by atoms with E-state index in [0.29, 0.717) is 30.3 Å². The maximum Gasteiger partial charge on any atom is 0.301 e. The van der Waals surface area contributed by atoms with E-state index >= 15 is 0 Å². The topological polar surface area (TPSA) is 75.4 Å². The van der Waals surface area contributed by atoms with Crippen LogP contribution in [0.15, 0.2) is 18.2 Å². The number of rotatable bonds is 4. The Bertz CT molecular complexity index is 577. The summed E-state index contributed by atoms with van der Waals surface area (Å²) in [6.07, 6.45) is 1.83. The zero-order chi connectivity index (χ0) is 14.8. The number of hydrogen-bond acceptors (Lipinski definition) is 3. The Labute approximate surface area is 125 Å². The predicted molar refractivity (Wildman–Crippen MR) is 82.1 cm³/mol. The van der Waals surface area contributed by atoms with E-state index in [1.807, 2.05) is 0 Å². The summed E-state index contributed by atoms with van der Waals surface area (Å²) in [7, 11) is -3.55. The number of anilines is 1. The molecule has 0 amide bonds. The van der Waals surface area contributed by atoms with Gasteiger partial charge in [-0.2, -0.15) is 12.7 Å². The highest BCUT2D eigenvalue weighted by molar-refractivity contribution is 7.90. The first-order valence-electron chi connectivity index (χ1n) is 6.67. The second kappa shape index (κ2) is 6.30. The molecule has 112 valence electrons. The average Bonchev–Trinajstić information content (AvgIpc) is 2.44. The summed E-state index contributed by atoms with van der Waals surface area (Å²) < 4.78 is 28.9. The molecule has 1 unspecified atom stereocenters. The van der Waals surface area contributed by atoms with Crippen molar-refractivity contribution >= 4 is 27.5 Å². The van der Waals surface area contributed by atoms with E-state index in [2.05, 4.69) is 4.72 Å².